The number of rotatable bonds is 6. The molecule has 0 aliphatic heterocycles. The van der Waals surface area contributed by atoms with E-state index in [0.717, 1.165) is 10.1 Å². The van der Waals surface area contributed by atoms with Gasteiger partial charge in [-0.15, -0.1) is 0 Å². The third-order valence-electron chi connectivity index (χ3n) is 3.96. The number of hydrogen-bond acceptors (Lipinski definition) is 5. The second-order valence-electron chi connectivity index (χ2n) is 5.81. The Labute approximate surface area is 171 Å². The Balaban J connectivity index is 1.93. The molecular weight excluding hydrogens is 403 g/mol. The first-order valence-corrected chi connectivity index (χ1v) is 9.05. The van der Waals surface area contributed by atoms with Crippen molar-refractivity contribution < 1.29 is 14.3 Å². The zero-order chi connectivity index (χ0) is 20.1. The SMILES string of the molecule is COc1cccc(-c2c(Cl)nc(Cl)c(=O)n2CC(=O)OCc2ccccc2)c1. The van der Waals surface area contributed by atoms with E-state index in [1.54, 1.807) is 24.3 Å². The van der Waals surface area contributed by atoms with Crippen LogP contribution in [0, 0.1) is 0 Å². The molecule has 144 valence electrons. The Hall–Kier alpha value is -2.83. The van der Waals surface area contributed by atoms with Gasteiger partial charge in [-0.25, -0.2) is 4.98 Å². The molecule has 0 spiro atoms. The maximum Gasteiger partial charge on any atom is 0.326 e. The van der Waals surface area contributed by atoms with Gasteiger partial charge in [0.1, 0.15) is 18.9 Å². The van der Waals surface area contributed by atoms with Gasteiger partial charge in [-0.05, 0) is 17.7 Å². The Morgan fingerprint density at radius 1 is 1.07 bits per heavy atom. The van der Waals surface area contributed by atoms with Crippen molar-refractivity contribution >= 4 is 29.2 Å². The molecule has 8 heteroatoms. The number of benzene rings is 2. The molecule has 1 aromatic heterocycles. The van der Waals surface area contributed by atoms with Gasteiger partial charge in [0.15, 0.2) is 10.3 Å². The number of halogens is 2. The number of methoxy groups -OCH3 is 1. The molecule has 0 saturated heterocycles. The molecule has 0 N–H and O–H groups in total. The highest BCUT2D eigenvalue weighted by Gasteiger charge is 2.19. The maximum absolute atomic E-state index is 12.6. The molecule has 3 rings (SSSR count). The summed E-state index contributed by atoms with van der Waals surface area (Å²) in [5.74, 6) is -0.0393. The van der Waals surface area contributed by atoms with E-state index in [2.05, 4.69) is 4.98 Å². The van der Waals surface area contributed by atoms with E-state index in [0.29, 0.717) is 11.3 Å². The lowest BCUT2D eigenvalue weighted by Gasteiger charge is -2.15. The van der Waals surface area contributed by atoms with Crippen LogP contribution in [-0.2, 0) is 22.7 Å². The normalized spacial score (nSPS) is 10.5. The van der Waals surface area contributed by atoms with Gasteiger partial charge in [-0.3, -0.25) is 14.2 Å². The third kappa shape index (κ3) is 4.52. The number of esters is 1. The summed E-state index contributed by atoms with van der Waals surface area (Å²) in [5.41, 5.74) is 1.01. The predicted molar refractivity (Wildman–Crippen MR) is 107 cm³/mol. The van der Waals surface area contributed by atoms with Gasteiger partial charge < -0.3 is 9.47 Å². The van der Waals surface area contributed by atoms with Crippen molar-refractivity contribution in [3.63, 3.8) is 0 Å². The lowest BCUT2D eigenvalue weighted by atomic mass is 10.1. The van der Waals surface area contributed by atoms with Gasteiger partial charge in [0.2, 0.25) is 0 Å². The topological polar surface area (TPSA) is 70.4 Å². The summed E-state index contributed by atoms with van der Waals surface area (Å²) < 4.78 is 11.6. The molecule has 0 aliphatic rings. The second-order valence-corrected chi connectivity index (χ2v) is 6.53. The third-order valence-corrected chi connectivity index (χ3v) is 4.47. The molecule has 6 nitrogen and oxygen atoms in total. The molecule has 3 aromatic rings. The lowest BCUT2D eigenvalue weighted by Crippen LogP contribution is -2.28. The van der Waals surface area contributed by atoms with Crippen molar-refractivity contribution in [3.8, 4) is 17.0 Å². The maximum atomic E-state index is 12.6. The van der Waals surface area contributed by atoms with Crippen molar-refractivity contribution in [3.05, 3.63) is 80.8 Å². The molecule has 0 atom stereocenters. The molecular formula is C20H16Cl2N2O4. The number of carbonyl (C=O) groups excluding carboxylic acids is 1. The second kappa shape index (κ2) is 8.91. The summed E-state index contributed by atoms with van der Waals surface area (Å²) in [6.45, 7) is -0.268. The minimum absolute atomic E-state index is 0.00582. The van der Waals surface area contributed by atoms with Crippen LogP contribution in [0.4, 0.5) is 0 Å². The summed E-state index contributed by atoms with van der Waals surface area (Å²) in [5, 5.41) is -0.332. The van der Waals surface area contributed by atoms with Crippen LogP contribution in [0.1, 0.15) is 5.56 Å². The van der Waals surface area contributed by atoms with Crippen LogP contribution >= 0.6 is 23.2 Å². The standard InChI is InChI=1S/C20H16Cl2N2O4/c1-27-15-9-5-8-14(10-15)17-18(21)23-19(22)20(26)24(17)11-16(25)28-12-13-6-3-2-4-7-13/h2-10H,11-12H2,1H3. The smallest absolute Gasteiger partial charge is 0.326 e. The van der Waals surface area contributed by atoms with Gasteiger partial charge in [0.25, 0.3) is 5.56 Å². The number of nitrogens with zero attached hydrogens (tertiary/aromatic N) is 2. The fourth-order valence-corrected chi connectivity index (χ4v) is 3.15. The van der Waals surface area contributed by atoms with Crippen molar-refractivity contribution in [2.45, 2.75) is 13.2 Å². The van der Waals surface area contributed by atoms with Crippen molar-refractivity contribution in [2.75, 3.05) is 7.11 Å². The Morgan fingerprint density at radius 2 is 1.82 bits per heavy atom. The first-order valence-electron chi connectivity index (χ1n) is 8.29. The van der Waals surface area contributed by atoms with Crippen molar-refractivity contribution in [1.29, 1.82) is 0 Å². The molecule has 0 radical (unpaired) electrons. The zero-order valence-corrected chi connectivity index (χ0v) is 16.4. The molecule has 0 aliphatic carbocycles. The van der Waals surface area contributed by atoms with Crippen LogP contribution < -0.4 is 10.3 Å². The summed E-state index contributed by atoms with van der Waals surface area (Å²) in [6, 6.07) is 16.1. The van der Waals surface area contributed by atoms with Gasteiger partial charge in [-0.1, -0.05) is 65.7 Å². The zero-order valence-electron chi connectivity index (χ0n) is 14.9. The van der Waals surface area contributed by atoms with Crippen LogP contribution in [-0.4, -0.2) is 22.6 Å². The average Bonchev–Trinajstić information content (AvgIpc) is 2.71. The molecule has 0 bridgehead atoms. The first-order chi connectivity index (χ1) is 13.5. The van der Waals surface area contributed by atoms with Crippen LogP contribution in [0.5, 0.6) is 5.75 Å². The van der Waals surface area contributed by atoms with E-state index < -0.39 is 11.5 Å². The molecule has 0 saturated carbocycles. The highest BCUT2D eigenvalue weighted by Crippen LogP contribution is 2.29. The molecule has 0 fully saturated rings. The molecule has 0 amide bonds. The largest absolute Gasteiger partial charge is 0.497 e. The van der Waals surface area contributed by atoms with E-state index in [4.69, 9.17) is 32.7 Å². The Morgan fingerprint density at radius 3 is 2.54 bits per heavy atom. The highest BCUT2D eigenvalue weighted by molar-refractivity contribution is 6.33. The minimum atomic E-state index is -0.638. The van der Waals surface area contributed by atoms with Gasteiger partial charge in [-0.2, -0.15) is 0 Å². The van der Waals surface area contributed by atoms with E-state index >= 15 is 0 Å². The number of aromatic nitrogens is 2. The fourth-order valence-electron chi connectivity index (χ4n) is 2.62. The first kappa shape index (κ1) is 19.9. The van der Waals surface area contributed by atoms with Crippen LogP contribution in [0.15, 0.2) is 59.4 Å². The molecule has 1 heterocycles. The molecule has 2 aromatic carbocycles. The monoisotopic (exact) mass is 418 g/mol. The van der Waals surface area contributed by atoms with Crippen LogP contribution in [0.25, 0.3) is 11.3 Å². The van der Waals surface area contributed by atoms with E-state index in [1.165, 1.54) is 7.11 Å². The van der Waals surface area contributed by atoms with Crippen LogP contribution in [0.3, 0.4) is 0 Å². The average molecular weight is 419 g/mol. The number of hydrogen-bond donors (Lipinski definition) is 0. The Bertz CT molecular complexity index is 1050. The van der Waals surface area contributed by atoms with Crippen molar-refractivity contribution in [1.82, 2.24) is 9.55 Å². The fraction of sp³-hybridized carbons (Fsp3) is 0.150. The van der Waals surface area contributed by atoms with E-state index in [-0.39, 0.29) is 29.2 Å². The summed E-state index contributed by atoms with van der Waals surface area (Å²) >= 11 is 12.1. The highest BCUT2D eigenvalue weighted by atomic mass is 35.5. The number of carbonyl (C=O) groups is 1. The summed E-state index contributed by atoms with van der Waals surface area (Å²) in [6.07, 6.45) is 0. The van der Waals surface area contributed by atoms with E-state index in [1.807, 2.05) is 30.3 Å². The van der Waals surface area contributed by atoms with Gasteiger partial charge in [0, 0.05) is 5.56 Å². The predicted octanol–water partition coefficient (Wildman–Crippen LogP) is 3.97. The lowest BCUT2D eigenvalue weighted by molar-refractivity contribution is -0.145. The van der Waals surface area contributed by atoms with Gasteiger partial charge in [0.05, 0.1) is 12.8 Å². The van der Waals surface area contributed by atoms with E-state index in [9.17, 15) is 9.59 Å². The summed E-state index contributed by atoms with van der Waals surface area (Å²) in [4.78, 5) is 28.8. The van der Waals surface area contributed by atoms with Crippen LogP contribution in [0.2, 0.25) is 10.3 Å². The quantitative estimate of drug-likeness (QED) is 0.566. The van der Waals surface area contributed by atoms with Crippen molar-refractivity contribution in [2.24, 2.45) is 0 Å². The Kier molecular flexibility index (Phi) is 6.34. The van der Waals surface area contributed by atoms with Gasteiger partial charge >= 0.3 is 5.97 Å². The summed E-state index contributed by atoms with van der Waals surface area (Å²) in [7, 11) is 1.52. The minimum Gasteiger partial charge on any atom is -0.497 e. The molecule has 28 heavy (non-hydrogen) atoms. The molecule has 0 unspecified atom stereocenters. The number of ether oxygens (including phenoxy) is 2.